The minimum absolute atomic E-state index is 0.206. The lowest BCUT2D eigenvalue weighted by Gasteiger charge is -2.09. The van der Waals surface area contributed by atoms with Crippen molar-refractivity contribution in [1.82, 2.24) is 4.98 Å². The number of rotatable bonds is 3. The molecule has 6 heteroatoms. The number of carbonyl (C=O) groups is 1. The van der Waals surface area contributed by atoms with Crippen LogP contribution < -0.4 is 0 Å². The van der Waals surface area contributed by atoms with Crippen molar-refractivity contribution in [3.05, 3.63) is 71.4 Å². The van der Waals surface area contributed by atoms with Crippen LogP contribution in [0.1, 0.15) is 26.3 Å². The van der Waals surface area contributed by atoms with Gasteiger partial charge >= 0.3 is 6.18 Å². The maximum Gasteiger partial charge on any atom is 0.416 e. The first-order valence-corrected chi connectivity index (χ1v) is 7.71. The number of hydrogen-bond acceptors (Lipinski definition) is 1. The van der Waals surface area contributed by atoms with Gasteiger partial charge < -0.3 is 4.98 Å². The smallest absolute Gasteiger partial charge is 0.360 e. The van der Waals surface area contributed by atoms with Gasteiger partial charge in [-0.25, -0.2) is 0 Å². The van der Waals surface area contributed by atoms with Crippen molar-refractivity contribution in [3.8, 4) is 0 Å². The summed E-state index contributed by atoms with van der Waals surface area (Å²) in [6.45, 7) is 0. The number of alkyl halides is 4. The highest BCUT2D eigenvalue weighted by atomic mass is 79.9. The average Bonchev–Trinajstić information content (AvgIpc) is 2.96. The number of H-pyrrole nitrogens is 1. The average molecular weight is 382 g/mol. The van der Waals surface area contributed by atoms with Crippen LogP contribution in [0.5, 0.6) is 0 Å². The molecule has 0 amide bonds. The molecule has 0 bridgehead atoms. The molecule has 0 aliphatic rings. The number of halogens is 4. The lowest BCUT2D eigenvalue weighted by molar-refractivity contribution is -0.137. The van der Waals surface area contributed by atoms with Gasteiger partial charge in [-0.05, 0) is 17.7 Å². The topological polar surface area (TPSA) is 32.9 Å². The van der Waals surface area contributed by atoms with Crippen LogP contribution in [0.3, 0.4) is 0 Å². The van der Waals surface area contributed by atoms with Crippen molar-refractivity contribution in [3.63, 3.8) is 0 Å². The molecular formula is C17H11BrF3NO. The summed E-state index contributed by atoms with van der Waals surface area (Å²) >= 11 is 3.36. The molecule has 2 aromatic carbocycles. The number of fused-ring (bicyclic) bond motifs is 1. The van der Waals surface area contributed by atoms with E-state index in [1.54, 1.807) is 0 Å². The van der Waals surface area contributed by atoms with Crippen LogP contribution in [0, 0.1) is 0 Å². The molecule has 3 rings (SSSR count). The third-order valence-corrected chi connectivity index (χ3v) is 4.54. The lowest BCUT2D eigenvalue weighted by Crippen LogP contribution is -2.07. The summed E-state index contributed by atoms with van der Waals surface area (Å²) in [4.78, 5) is 14.8. The second-order valence-electron chi connectivity index (χ2n) is 5.10. The summed E-state index contributed by atoms with van der Waals surface area (Å²) in [6, 6.07) is 12.4. The van der Waals surface area contributed by atoms with E-state index in [0.717, 1.165) is 17.7 Å². The van der Waals surface area contributed by atoms with Crippen LogP contribution in [0.25, 0.3) is 10.9 Å². The van der Waals surface area contributed by atoms with Gasteiger partial charge in [-0.3, -0.25) is 4.79 Å². The first kappa shape index (κ1) is 15.8. The van der Waals surface area contributed by atoms with Gasteiger partial charge in [0.25, 0.3) is 0 Å². The third-order valence-electron chi connectivity index (χ3n) is 3.60. The van der Waals surface area contributed by atoms with Gasteiger partial charge in [0.05, 0.1) is 5.56 Å². The Kier molecular flexibility index (Phi) is 4.02. The van der Waals surface area contributed by atoms with E-state index in [-0.39, 0.29) is 11.3 Å². The molecule has 0 spiro atoms. The standard InChI is InChI=1S/C17H11BrF3NO/c18-15(10-4-2-1-3-5-10)16(23)13-9-22-14-8-11(17(19,20)21)6-7-12(13)14/h1-9,15,22H. The Hall–Kier alpha value is -2.08. The molecule has 0 aliphatic carbocycles. The quantitative estimate of drug-likeness (QED) is 0.471. The van der Waals surface area contributed by atoms with Gasteiger partial charge in [0, 0.05) is 22.7 Å². The zero-order chi connectivity index (χ0) is 16.6. The molecule has 3 aromatic rings. The van der Waals surface area contributed by atoms with E-state index in [4.69, 9.17) is 0 Å². The van der Waals surface area contributed by atoms with Crippen molar-refractivity contribution in [2.75, 3.05) is 0 Å². The lowest BCUT2D eigenvalue weighted by atomic mass is 10.0. The fourth-order valence-electron chi connectivity index (χ4n) is 2.42. The molecule has 2 nitrogen and oxygen atoms in total. The Bertz CT molecular complexity index is 855. The molecule has 0 aliphatic heterocycles. The highest BCUT2D eigenvalue weighted by molar-refractivity contribution is 9.09. The molecule has 0 fully saturated rings. The largest absolute Gasteiger partial charge is 0.416 e. The Morgan fingerprint density at radius 2 is 1.78 bits per heavy atom. The fourth-order valence-corrected chi connectivity index (χ4v) is 2.97. The highest BCUT2D eigenvalue weighted by Gasteiger charge is 2.31. The highest BCUT2D eigenvalue weighted by Crippen LogP contribution is 2.34. The number of benzene rings is 2. The van der Waals surface area contributed by atoms with E-state index in [9.17, 15) is 18.0 Å². The summed E-state index contributed by atoms with van der Waals surface area (Å²) in [5.41, 5.74) is 0.693. The minimum atomic E-state index is -4.41. The predicted octanol–water partition coefficient (Wildman–Crippen LogP) is 5.51. The summed E-state index contributed by atoms with van der Waals surface area (Å²) in [5.74, 6) is -0.206. The van der Waals surface area contributed by atoms with Crippen LogP contribution in [0.2, 0.25) is 0 Å². The molecular weight excluding hydrogens is 371 g/mol. The van der Waals surface area contributed by atoms with Gasteiger partial charge in [0.2, 0.25) is 0 Å². The Balaban J connectivity index is 1.99. The van der Waals surface area contributed by atoms with Crippen LogP contribution in [-0.2, 0) is 6.18 Å². The number of carbonyl (C=O) groups excluding carboxylic acids is 1. The van der Waals surface area contributed by atoms with E-state index in [1.165, 1.54) is 12.3 Å². The van der Waals surface area contributed by atoms with Crippen LogP contribution in [0.15, 0.2) is 54.7 Å². The summed E-state index contributed by atoms with van der Waals surface area (Å²) in [5, 5.41) is 0.475. The molecule has 1 heterocycles. The van der Waals surface area contributed by atoms with Gasteiger partial charge in [-0.2, -0.15) is 13.2 Å². The maximum absolute atomic E-state index is 12.7. The molecule has 1 unspecified atom stereocenters. The number of Topliss-reactive ketones (excluding diaryl/α,β-unsaturated/α-hetero) is 1. The monoisotopic (exact) mass is 381 g/mol. The molecule has 1 N–H and O–H groups in total. The van der Waals surface area contributed by atoms with E-state index < -0.39 is 16.6 Å². The molecule has 0 saturated heterocycles. The van der Waals surface area contributed by atoms with Crippen molar-refractivity contribution in [1.29, 1.82) is 0 Å². The summed E-state index contributed by atoms with van der Waals surface area (Å²) < 4.78 is 38.2. The molecule has 1 aromatic heterocycles. The second-order valence-corrected chi connectivity index (χ2v) is 6.01. The van der Waals surface area contributed by atoms with E-state index >= 15 is 0 Å². The van der Waals surface area contributed by atoms with E-state index in [1.807, 2.05) is 30.3 Å². The normalized spacial score (nSPS) is 13.2. The zero-order valence-corrected chi connectivity index (χ0v) is 13.3. The van der Waals surface area contributed by atoms with Crippen molar-refractivity contribution in [2.24, 2.45) is 0 Å². The van der Waals surface area contributed by atoms with Gasteiger partial charge in [-0.15, -0.1) is 0 Å². The Labute approximate surface area is 138 Å². The maximum atomic E-state index is 12.7. The van der Waals surface area contributed by atoms with E-state index in [0.29, 0.717) is 10.9 Å². The van der Waals surface area contributed by atoms with Crippen LogP contribution in [-0.4, -0.2) is 10.8 Å². The second kappa shape index (κ2) is 5.85. The summed E-state index contributed by atoms with van der Waals surface area (Å²) in [7, 11) is 0. The number of ketones is 1. The van der Waals surface area contributed by atoms with Gasteiger partial charge in [-0.1, -0.05) is 52.3 Å². The molecule has 1 atom stereocenters. The summed E-state index contributed by atoms with van der Waals surface area (Å²) in [6.07, 6.45) is -2.96. The first-order chi connectivity index (χ1) is 10.9. The SMILES string of the molecule is O=C(c1c[nH]c2cc(C(F)(F)F)ccc12)C(Br)c1ccccc1. The third kappa shape index (κ3) is 3.03. The number of aromatic nitrogens is 1. The molecule has 23 heavy (non-hydrogen) atoms. The van der Waals surface area contributed by atoms with Gasteiger partial charge in [0.1, 0.15) is 4.83 Å². The molecule has 0 radical (unpaired) electrons. The fraction of sp³-hybridized carbons (Fsp3) is 0.118. The Morgan fingerprint density at radius 1 is 1.09 bits per heavy atom. The minimum Gasteiger partial charge on any atom is -0.360 e. The van der Waals surface area contributed by atoms with E-state index in [2.05, 4.69) is 20.9 Å². The Morgan fingerprint density at radius 3 is 2.43 bits per heavy atom. The van der Waals surface area contributed by atoms with Gasteiger partial charge in [0.15, 0.2) is 5.78 Å². The number of hydrogen-bond donors (Lipinski definition) is 1. The molecule has 0 saturated carbocycles. The van der Waals surface area contributed by atoms with Crippen molar-refractivity contribution >= 4 is 32.6 Å². The van der Waals surface area contributed by atoms with Crippen molar-refractivity contribution in [2.45, 2.75) is 11.0 Å². The number of nitrogens with one attached hydrogen (secondary N) is 1. The number of aromatic amines is 1. The zero-order valence-electron chi connectivity index (χ0n) is 11.7. The van der Waals surface area contributed by atoms with Crippen LogP contribution in [0.4, 0.5) is 13.2 Å². The van der Waals surface area contributed by atoms with Crippen molar-refractivity contribution < 1.29 is 18.0 Å². The van der Waals surface area contributed by atoms with Crippen LogP contribution >= 0.6 is 15.9 Å². The molecule has 118 valence electrons. The first-order valence-electron chi connectivity index (χ1n) is 6.79. The predicted molar refractivity (Wildman–Crippen MR) is 85.7 cm³/mol.